The fourth-order valence-electron chi connectivity index (χ4n) is 1.98. The maximum absolute atomic E-state index is 12.2. The van der Waals surface area contributed by atoms with Gasteiger partial charge in [0.15, 0.2) is 0 Å². The maximum Gasteiger partial charge on any atom is 0.271 e. The van der Waals surface area contributed by atoms with Crippen molar-refractivity contribution in [2.45, 2.75) is 25.5 Å². The molecule has 2 aromatic rings. The lowest BCUT2D eigenvalue weighted by Gasteiger charge is -2.20. The lowest BCUT2D eigenvalue weighted by Crippen LogP contribution is -2.42. The number of nitrogens with one attached hydrogen (secondary N) is 1. The summed E-state index contributed by atoms with van der Waals surface area (Å²) in [7, 11) is 0. The van der Waals surface area contributed by atoms with Gasteiger partial charge in [-0.25, -0.2) is 4.98 Å². The van der Waals surface area contributed by atoms with E-state index in [0.717, 1.165) is 5.56 Å². The Balaban J connectivity index is 2.00. The van der Waals surface area contributed by atoms with Gasteiger partial charge in [-0.1, -0.05) is 53.5 Å². The van der Waals surface area contributed by atoms with Crippen LogP contribution in [0.3, 0.4) is 0 Å². The molecule has 0 aliphatic carbocycles. The first-order chi connectivity index (χ1) is 10.5. The number of aliphatic hydroxyl groups is 1. The van der Waals surface area contributed by atoms with Gasteiger partial charge in [-0.3, -0.25) is 4.79 Å². The summed E-state index contributed by atoms with van der Waals surface area (Å²) in [5.41, 5.74) is 1.04. The molecule has 1 heterocycles. The van der Waals surface area contributed by atoms with Gasteiger partial charge in [-0.05, 0) is 24.6 Å². The van der Waals surface area contributed by atoms with Crippen molar-refractivity contribution in [3.05, 3.63) is 63.9 Å². The topological polar surface area (TPSA) is 62.2 Å². The number of rotatable bonds is 5. The molecule has 2 rings (SSSR count). The minimum atomic E-state index is -0.718. The molecule has 0 spiro atoms. The molecule has 4 nitrogen and oxygen atoms in total. The molecule has 6 heteroatoms. The van der Waals surface area contributed by atoms with Crippen LogP contribution < -0.4 is 5.32 Å². The molecule has 1 aromatic carbocycles. The van der Waals surface area contributed by atoms with Gasteiger partial charge in [0.2, 0.25) is 0 Å². The van der Waals surface area contributed by atoms with Crippen molar-refractivity contribution in [1.29, 1.82) is 0 Å². The number of amides is 1. The van der Waals surface area contributed by atoms with Gasteiger partial charge in [0.1, 0.15) is 10.8 Å². The van der Waals surface area contributed by atoms with E-state index in [1.165, 1.54) is 12.1 Å². The molecule has 0 aliphatic heterocycles. The minimum Gasteiger partial charge on any atom is -0.391 e. The zero-order chi connectivity index (χ0) is 16.1. The van der Waals surface area contributed by atoms with Crippen molar-refractivity contribution in [3.63, 3.8) is 0 Å². The SMILES string of the molecule is C[C@@H](NC(=O)c1nc(Cl)ccc1Cl)[C@H](O)Cc1ccccc1. The van der Waals surface area contributed by atoms with Crippen molar-refractivity contribution in [3.8, 4) is 0 Å². The monoisotopic (exact) mass is 338 g/mol. The summed E-state index contributed by atoms with van der Waals surface area (Å²) in [4.78, 5) is 16.1. The third-order valence-electron chi connectivity index (χ3n) is 3.25. The summed E-state index contributed by atoms with van der Waals surface area (Å²) in [5, 5.41) is 13.3. The van der Waals surface area contributed by atoms with E-state index in [1.807, 2.05) is 30.3 Å². The summed E-state index contributed by atoms with van der Waals surface area (Å²) in [5.74, 6) is -0.466. The lowest BCUT2D eigenvalue weighted by atomic mass is 10.0. The molecule has 0 saturated carbocycles. The quantitative estimate of drug-likeness (QED) is 0.823. The minimum absolute atomic E-state index is 0.0490. The molecule has 2 N–H and O–H groups in total. The van der Waals surface area contributed by atoms with Gasteiger partial charge < -0.3 is 10.4 Å². The lowest BCUT2D eigenvalue weighted by molar-refractivity contribution is 0.0847. The highest BCUT2D eigenvalue weighted by atomic mass is 35.5. The van der Waals surface area contributed by atoms with Crippen LogP contribution in [0.15, 0.2) is 42.5 Å². The molecule has 0 bridgehead atoms. The summed E-state index contributed by atoms with van der Waals surface area (Å²) in [6.45, 7) is 1.73. The highest BCUT2D eigenvalue weighted by Gasteiger charge is 2.20. The molecule has 0 radical (unpaired) electrons. The Morgan fingerprint density at radius 3 is 2.59 bits per heavy atom. The van der Waals surface area contributed by atoms with E-state index in [2.05, 4.69) is 10.3 Å². The van der Waals surface area contributed by atoms with Crippen LogP contribution in [0.25, 0.3) is 0 Å². The molecule has 1 amide bonds. The fraction of sp³-hybridized carbons (Fsp3) is 0.250. The Bertz CT molecular complexity index is 650. The summed E-state index contributed by atoms with van der Waals surface area (Å²) < 4.78 is 0. The van der Waals surface area contributed by atoms with Crippen LogP contribution >= 0.6 is 23.2 Å². The van der Waals surface area contributed by atoms with E-state index in [-0.39, 0.29) is 15.9 Å². The predicted molar refractivity (Wildman–Crippen MR) is 87.3 cm³/mol. The number of aliphatic hydroxyl groups excluding tert-OH is 1. The number of halogens is 2. The first-order valence-electron chi connectivity index (χ1n) is 6.82. The molecule has 1 aromatic heterocycles. The third kappa shape index (κ3) is 4.44. The standard InChI is InChI=1S/C16H16Cl2N2O2/c1-10(13(21)9-11-5-3-2-4-6-11)19-16(22)15-12(17)7-8-14(18)20-15/h2-8,10,13,21H,9H2,1H3,(H,19,22)/t10-,13-/m1/s1. The fourth-order valence-corrected chi connectivity index (χ4v) is 2.32. The largest absolute Gasteiger partial charge is 0.391 e. The van der Waals surface area contributed by atoms with Gasteiger partial charge in [0.25, 0.3) is 5.91 Å². The van der Waals surface area contributed by atoms with E-state index in [4.69, 9.17) is 23.2 Å². The summed E-state index contributed by atoms with van der Waals surface area (Å²) in [6.07, 6.45) is -0.275. The molecule has 0 aliphatic rings. The van der Waals surface area contributed by atoms with E-state index < -0.39 is 18.1 Å². The van der Waals surface area contributed by atoms with Crippen molar-refractivity contribution in [1.82, 2.24) is 10.3 Å². The number of hydrogen-bond donors (Lipinski definition) is 2. The number of benzene rings is 1. The number of carbonyl (C=O) groups excluding carboxylic acids is 1. The smallest absolute Gasteiger partial charge is 0.271 e. The van der Waals surface area contributed by atoms with Gasteiger partial charge >= 0.3 is 0 Å². The Labute approximate surface area is 139 Å². The number of pyridine rings is 1. The molecule has 22 heavy (non-hydrogen) atoms. The highest BCUT2D eigenvalue weighted by Crippen LogP contribution is 2.17. The average Bonchev–Trinajstić information content (AvgIpc) is 2.50. The first kappa shape index (κ1) is 16.7. The normalized spacial score (nSPS) is 13.5. The average molecular weight is 339 g/mol. The molecule has 0 fully saturated rings. The van der Waals surface area contributed by atoms with E-state index in [1.54, 1.807) is 6.92 Å². The van der Waals surface area contributed by atoms with Gasteiger partial charge in [0, 0.05) is 6.42 Å². The predicted octanol–water partition coefficient (Wildman–Crippen LogP) is 3.11. The Kier molecular flexibility index (Phi) is 5.77. The number of carbonyl (C=O) groups is 1. The number of nitrogens with zero attached hydrogens (tertiary/aromatic N) is 1. The van der Waals surface area contributed by atoms with Crippen LogP contribution in [0.4, 0.5) is 0 Å². The zero-order valence-electron chi connectivity index (χ0n) is 12.0. The maximum atomic E-state index is 12.2. The Morgan fingerprint density at radius 1 is 1.23 bits per heavy atom. The Hall–Kier alpha value is -1.62. The molecule has 0 unspecified atom stereocenters. The van der Waals surface area contributed by atoms with E-state index in [0.29, 0.717) is 6.42 Å². The summed E-state index contributed by atoms with van der Waals surface area (Å²) >= 11 is 11.7. The first-order valence-corrected chi connectivity index (χ1v) is 7.58. The molecular formula is C16H16Cl2N2O2. The van der Waals surface area contributed by atoms with Crippen molar-refractivity contribution in [2.75, 3.05) is 0 Å². The molecule has 116 valence electrons. The number of hydrogen-bond acceptors (Lipinski definition) is 3. The van der Waals surface area contributed by atoms with Crippen LogP contribution in [-0.2, 0) is 6.42 Å². The second kappa shape index (κ2) is 7.58. The van der Waals surface area contributed by atoms with E-state index >= 15 is 0 Å². The molecule has 2 atom stereocenters. The van der Waals surface area contributed by atoms with Crippen LogP contribution in [0, 0.1) is 0 Å². The van der Waals surface area contributed by atoms with Gasteiger partial charge in [-0.2, -0.15) is 0 Å². The van der Waals surface area contributed by atoms with Gasteiger partial charge in [0.05, 0.1) is 17.2 Å². The number of aromatic nitrogens is 1. The second-order valence-electron chi connectivity index (χ2n) is 4.98. The van der Waals surface area contributed by atoms with Crippen molar-refractivity contribution >= 4 is 29.1 Å². The molecule has 0 saturated heterocycles. The van der Waals surface area contributed by atoms with Crippen LogP contribution in [-0.4, -0.2) is 28.1 Å². The summed E-state index contributed by atoms with van der Waals surface area (Å²) in [6, 6.07) is 12.1. The van der Waals surface area contributed by atoms with E-state index in [9.17, 15) is 9.90 Å². The van der Waals surface area contributed by atoms with Crippen molar-refractivity contribution < 1.29 is 9.90 Å². The second-order valence-corrected chi connectivity index (χ2v) is 5.78. The molecular weight excluding hydrogens is 323 g/mol. The zero-order valence-corrected chi connectivity index (χ0v) is 13.5. The Morgan fingerprint density at radius 2 is 1.91 bits per heavy atom. The van der Waals surface area contributed by atoms with Crippen LogP contribution in [0.2, 0.25) is 10.2 Å². The van der Waals surface area contributed by atoms with Crippen LogP contribution in [0.1, 0.15) is 23.0 Å². The van der Waals surface area contributed by atoms with Gasteiger partial charge in [-0.15, -0.1) is 0 Å². The highest BCUT2D eigenvalue weighted by molar-refractivity contribution is 6.34. The van der Waals surface area contributed by atoms with Crippen LogP contribution in [0.5, 0.6) is 0 Å². The third-order valence-corrected chi connectivity index (χ3v) is 3.77. The van der Waals surface area contributed by atoms with Crippen molar-refractivity contribution in [2.24, 2.45) is 0 Å².